The fourth-order valence-electron chi connectivity index (χ4n) is 1.37. The number of benzene rings is 1. The molecule has 0 bridgehead atoms. The number of hydrogen-bond acceptors (Lipinski definition) is 3. The van der Waals surface area contributed by atoms with E-state index in [4.69, 9.17) is 4.65 Å². The van der Waals surface area contributed by atoms with Crippen molar-refractivity contribution in [3.63, 3.8) is 0 Å². The second kappa shape index (κ2) is 5.52. The van der Waals surface area contributed by atoms with Gasteiger partial charge in [-0.15, -0.1) is 11.3 Å². The maximum absolute atomic E-state index is 4.89. The van der Waals surface area contributed by atoms with Crippen molar-refractivity contribution in [2.75, 3.05) is 12.3 Å². The monoisotopic (exact) mass is 294 g/mol. The standard InChI is InChI=1S/C11H10BBrNOS/c1-15-12-14-10-6-7-16-11(10)8-2-4-9(13)5-3-8/h2-7,14H,1H3. The van der Waals surface area contributed by atoms with Gasteiger partial charge in [-0.05, 0) is 29.1 Å². The molecular formula is C11H10BBrNOS. The Morgan fingerprint density at radius 1 is 1.25 bits per heavy atom. The Balaban J connectivity index is 2.26. The molecule has 0 saturated carbocycles. The molecule has 0 aliphatic rings. The minimum atomic E-state index is 1.06. The Bertz CT molecular complexity index is 457. The van der Waals surface area contributed by atoms with Gasteiger partial charge < -0.3 is 9.88 Å². The summed E-state index contributed by atoms with van der Waals surface area (Å²) in [5.74, 6) is 0. The predicted octanol–water partition coefficient (Wildman–Crippen LogP) is 3.77. The van der Waals surface area contributed by atoms with E-state index in [2.05, 4.69) is 38.7 Å². The van der Waals surface area contributed by atoms with E-state index >= 15 is 0 Å². The van der Waals surface area contributed by atoms with Crippen LogP contribution >= 0.6 is 27.3 Å². The molecule has 0 atom stereocenters. The van der Waals surface area contributed by atoms with Gasteiger partial charge in [0.05, 0.1) is 4.88 Å². The van der Waals surface area contributed by atoms with Gasteiger partial charge in [0.2, 0.25) is 0 Å². The zero-order valence-electron chi connectivity index (χ0n) is 8.74. The Labute approximate surface area is 108 Å². The van der Waals surface area contributed by atoms with Crippen LogP contribution in [0.1, 0.15) is 0 Å². The van der Waals surface area contributed by atoms with Gasteiger partial charge in [-0.2, -0.15) is 0 Å². The van der Waals surface area contributed by atoms with E-state index in [9.17, 15) is 0 Å². The highest BCUT2D eigenvalue weighted by Crippen LogP contribution is 2.33. The number of hydrogen-bond donors (Lipinski definition) is 1. The van der Waals surface area contributed by atoms with Gasteiger partial charge in [0.25, 0.3) is 0 Å². The molecule has 1 heterocycles. The van der Waals surface area contributed by atoms with Gasteiger partial charge in [0, 0.05) is 17.3 Å². The zero-order valence-corrected chi connectivity index (χ0v) is 11.1. The molecule has 1 radical (unpaired) electrons. The van der Waals surface area contributed by atoms with Crippen LogP contribution in [0.2, 0.25) is 0 Å². The number of rotatable bonds is 4. The highest BCUT2D eigenvalue weighted by atomic mass is 79.9. The molecule has 1 N–H and O–H groups in total. The van der Waals surface area contributed by atoms with E-state index in [1.165, 1.54) is 10.4 Å². The molecule has 5 heteroatoms. The minimum absolute atomic E-state index is 1.06. The molecule has 2 rings (SSSR count). The topological polar surface area (TPSA) is 21.3 Å². The fraction of sp³-hybridized carbons (Fsp3) is 0.0909. The molecule has 81 valence electrons. The fourth-order valence-corrected chi connectivity index (χ4v) is 2.50. The summed E-state index contributed by atoms with van der Waals surface area (Å²) in [6.07, 6.45) is 0. The first-order valence-electron chi connectivity index (χ1n) is 4.75. The van der Waals surface area contributed by atoms with Gasteiger partial charge >= 0.3 is 7.62 Å². The number of thiophene rings is 1. The van der Waals surface area contributed by atoms with Crippen LogP contribution in [-0.4, -0.2) is 14.7 Å². The molecule has 0 aliphatic heterocycles. The molecule has 1 aromatic carbocycles. The lowest BCUT2D eigenvalue weighted by molar-refractivity contribution is 0.446. The summed E-state index contributed by atoms with van der Waals surface area (Å²) in [5, 5.41) is 5.17. The number of halogens is 1. The first kappa shape index (κ1) is 11.7. The quantitative estimate of drug-likeness (QED) is 0.867. The largest absolute Gasteiger partial charge is 0.435 e. The Morgan fingerprint density at radius 3 is 2.69 bits per heavy atom. The van der Waals surface area contributed by atoms with Crippen LogP contribution in [0.15, 0.2) is 40.2 Å². The molecule has 2 aromatic rings. The molecular weight excluding hydrogens is 285 g/mol. The van der Waals surface area contributed by atoms with E-state index < -0.39 is 0 Å². The van der Waals surface area contributed by atoms with Crippen LogP contribution in [0.4, 0.5) is 5.69 Å². The zero-order chi connectivity index (χ0) is 11.4. The summed E-state index contributed by atoms with van der Waals surface area (Å²) in [6, 6.07) is 10.3. The SMILES string of the molecule is CO[B]Nc1ccsc1-c1ccc(Br)cc1. The van der Waals surface area contributed by atoms with E-state index in [1.54, 1.807) is 26.1 Å². The first-order valence-corrected chi connectivity index (χ1v) is 6.43. The van der Waals surface area contributed by atoms with Crippen molar-refractivity contribution in [3.05, 3.63) is 40.2 Å². The Morgan fingerprint density at radius 2 is 2.00 bits per heavy atom. The molecule has 0 saturated heterocycles. The molecule has 0 fully saturated rings. The third-order valence-electron chi connectivity index (χ3n) is 2.10. The van der Waals surface area contributed by atoms with Crippen molar-refractivity contribution in [2.45, 2.75) is 0 Å². The lowest BCUT2D eigenvalue weighted by Crippen LogP contribution is -2.07. The van der Waals surface area contributed by atoms with Gasteiger partial charge in [-0.1, -0.05) is 28.1 Å². The smallest absolute Gasteiger partial charge is 0.422 e. The third kappa shape index (κ3) is 2.67. The van der Waals surface area contributed by atoms with Gasteiger partial charge in [-0.3, -0.25) is 0 Å². The predicted molar refractivity (Wildman–Crippen MR) is 73.8 cm³/mol. The summed E-state index contributed by atoms with van der Waals surface area (Å²) in [6.45, 7) is 0. The van der Waals surface area contributed by atoms with Crippen LogP contribution in [0, 0.1) is 0 Å². The Hall–Kier alpha value is -0.775. The van der Waals surface area contributed by atoms with Crippen LogP contribution in [0.3, 0.4) is 0 Å². The van der Waals surface area contributed by atoms with Crippen molar-refractivity contribution in [3.8, 4) is 10.4 Å². The molecule has 16 heavy (non-hydrogen) atoms. The Kier molecular flexibility index (Phi) is 4.04. The summed E-state index contributed by atoms with van der Waals surface area (Å²) in [4.78, 5) is 1.21. The maximum Gasteiger partial charge on any atom is 0.435 e. The molecule has 0 aliphatic carbocycles. The summed E-state index contributed by atoms with van der Waals surface area (Å²) >= 11 is 5.14. The van der Waals surface area contributed by atoms with Crippen molar-refractivity contribution in [1.82, 2.24) is 0 Å². The van der Waals surface area contributed by atoms with Gasteiger partial charge in [0.1, 0.15) is 0 Å². The molecule has 0 unspecified atom stereocenters. The van der Waals surface area contributed by atoms with Crippen molar-refractivity contribution in [1.29, 1.82) is 0 Å². The van der Waals surface area contributed by atoms with E-state index in [1.807, 2.05) is 18.2 Å². The van der Waals surface area contributed by atoms with Crippen LogP contribution in [0.25, 0.3) is 10.4 Å². The molecule has 2 nitrogen and oxygen atoms in total. The lowest BCUT2D eigenvalue weighted by atomic mass is 10.1. The van der Waals surface area contributed by atoms with Gasteiger partial charge in [-0.25, -0.2) is 0 Å². The van der Waals surface area contributed by atoms with Gasteiger partial charge in [0.15, 0.2) is 0 Å². The van der Waals surface area contributed by atoms with Crippen LogP contribution in [-0.2, 0) is 4.65 Å². The van der Waals surface area contributed by atoms with Crippen molar-refractivity contribution < 1.29 is 4.65 Å². The van der Waals surface area contributed by atoms with Crippen LogP contribution in [0.5, 0.6) is 0 Å². The lowest BCUT2D eigenvalue weighted by Gasteiger charge is -2.05. The molecule has 0 spiro atoms. The highest BCUT2D eigenvalue weighted by molar-refractivity contribution is 9.10. The average Bonchev–Trinajstić information content (AvgIpc) is 2.75. The molecule has 1 aromatic heterocycles. The number of anilines is 1. The van der Waals surface area contributed by atoms with E-state index in [-0.39, 0.29) is 0 Å². The van der Waals surface area contributed by atoms with E-state index in [0.717, 1.165) is 10.2 Å². The molecule has 0 amide bonds. The first-order chi connectivity index (χ1) is 7.81. The summed E-state index contributed by atoms with van der Waals surface area (Å²) in [7, 11) is 3.20. The summed E-state index contributed by atoms with van der Waals surface area (Å²) in [5.41, 5.74) is 2.26. The third-order valence-corrected chi connectivity index (χ3v) is 3.60. The maximum atomic E-state index is 4.89. The van der Waals surface area contributed by atoms with Crippen molar-refractivity contribution in [2.24, 2.45) is 0 Å². The minimum Gasteiger partial charge on any atom is -0.422 e. The van der Waals surface area contributed by atoms with E-state index in [0.29, 0.717) is 0 Å². The number of nitrogens with one attached hydrogen (secondary N) is 1. The van der Waals surface area contributed by atoms with Crippen LogP contribution < -0.4 is 5.23 Å². The average molecular weight is 295 g/mol. The second-order valence-corrected chi connectivity index (χ2v) is 5.00. The highest BCUT2D eigenvalue weighted by Gasteiger charge is 2.06. The normalized spacial score (nSPS) is 10.1. The van der Waals surface area contributed by atoms with Crippen molar-refractivity contribution >= 4 is 40.6 Å². The second-order valence-electron chi connectivity index (χ2n) is 3.17. The summed E-state index contributed by atoms with van der Waals surface area (Å²) < 4.78 is 5.97.